The van der Waals surface area contributed by atoms with Crippen LogP contribution in [-0.4, -0.2) is 18.8 Å². The Bertz CT molecular complexity index is 440. The highest BCUT2D eigenvalue weighted by Gasteiger charge is 2.05. The lowest BCUT2D eigenvalue weighted by Gasteiger charge is -2.13. The molecule has 0 aliphatic carbocycles. The fraction of sp³-hybridized carbons (Fsp3) is 0.333. The number of hydrogen-bond acceptors (Lipinski definition) is 3. The first kappa shape index (κ1) is 13.3. The second-order valence-corrected chi connectivity index (χ2v) is 3.82. The van der Waals surface area contributed by atoms with Crippen molar-refractivity contribution in [2.24, 2.45) is 0 Å². The normalized spacial score (nSPS) is 9.24. The van der Waals surface area contributed by atoms with Gasteiger partial charge in [-0.2, -0.15) is 5.26 Å². The molecule has 0 radical (unpaired) electrons. The van der Waals surface area contributed by atoms with E-state index in [9.17, 15) is 0 Å². The van der Waals surface area contributed by atoms with Gasteiger partial charge >= 0.3 is 0 Å². The summed E-state index contributed by atoms with van der Waals surface area (Å²) in [6, 6.07) is 7.22. The molecule has 4 nitrogen and oxygen atoms in total. The Morgan fingerprint density at radius 3 is 2.88 bits per heavy atom. The van der Waals surface area contributed by atoms with Crippen molar-refractivity contribution in [3.05, 3.63) is 23.8 Å². The third-order valence-corrected chi connectivity index (χ3v) is 2.36. The van der Waals surface area contributed by atoms with Gasteiger partial charge < -0.3 is 15.4 Å². The summed E-state index contributed by atoms with van der Waals surface area (Å²) in [5.41, 5.74) is 1.31. The lowest BCUT2D eigenvalue weighted by atomic mass is 10.2. The van der Waals surface area contributed by atoms with Crippen LogP contribution in [0.3, 0.4) is 0 Å². The maximum Gasteiger partial charge on any atom is 0.170 e. The van der Waals surface area contributed by atoms with E-state index in [0.717, 1.165) is 18.7 Å². The van der Waals surface area contributed by atoms with Crippen molar-refractivity contribution in [2.75, 3.05) is 19.0 Å². The lowest BCUT2D eigenvalue weighted by molar-refractivity contribution is 0.417. The summed E-state index contributed by atoms with van der Waals surface area (Å²) in [6.07, 6.45) is 1.01. The number of methoxy groups -OCH3 is 1. The summed E-state index contributed by atoms with van der Waals surface area (Å²) in [6.45, 7) is 2.89. The molecular formula is C12H15N3OS. The smallest absolute Gasteiger partial charge is 0.170 e. The zero-order valence-corrected chi connectivity index (χ0v) is 10.7. The molecule has 1 aromatic carbocycles. The highest BCUT2D eigenvalue weighted by Crippen LogP contribution is 2.25. The van der Waals surface area contributed by atoms with Gasteiger partial charge in [-0.15, -0.1) is 0 Å². The lowest BCUT2D eigenvalue weighted by Crippen LogP contribution is -2.29. The van der Waals surface area contributed by atoms with Crippen LogP contribution in [0.15, 0.2) is 18.2 Å². The molecule has 0 aliphatic heterocycles. The van der Waals surface area contributed by atoms with Crippen LogP contribution in [0.25, 0.3) is 0 Å². The van der Waals surface area contributed by atoms with E-state index in [4.69, 9.17) is 22.2 Å². The molecule has 1 rings (SSSR count). The number of benzene rings is 1. The van der Waals surface area contributed by atoms with Gasteiger partial charge in [-0.05, 0) is 30.8 Å². The van der Waals surface area contributed by atoms with Gasteiger partial charge in [-0.25, -0.2) is 0 Å². The van der Waals surface area contributed by atoms with Crippen molar-refractivity contribution in [3.8, 4) is 11.8 Å². The largest absolute Gasteiger partial charge is 0.495 e. The molecule has 0 spiro atoms. The van der Waals surface area contributed by atoms with Crippen molar-refractivity contribution in [1.82, 2.24) is 5.32 Å². The first-order valence-corrected chi connectivity index (χ1v) is 5.75. The number of nitrogens with one attached hydrogen (secondary N) is 2. The highest BCUT2D eigenvalue weighted by molar-refractivity contribution is 7.80. The third kappa shape index (κ3) is 3.93. The fourth-order valence-corrected chi connectivity index (χ4v) is 1.48. The minimum Gasteiger partial charge on any atom is -0.495 e. The molecule has 90 valence electrons. The topological polar surface area (TPSA) is 57.1 Å². The van der Waals surface area contributed by atoms with Gasteiger partial charge in [-0.1, -0.05) is 6.92 Å². The Morgan fingerprint density at radius 1 is 1.53 bits per heavy atom. The van der Waals surface area contributed by atoms with Gasteiger partial charge in [0.1, 0.15) is 5.75 Å². The molecule has 0 saturated carbocycles. The van der Waals surface area contributed by atoms with E-state index in [2.05, 4.69) is 23.6 Å². The van der Waals surface area contributed by atoms with E-state index in [1.807, 2.05) is 0 Å². The molecule has 0 amide bonds. The number of nitriles is 1. The second kappa shape index (κ2) is 6.71. The molecule has 2 N–H and O–H groups in total. The number of hydrogen-bond donors (Lipinski definition) is 2. The van der Waals surface area contributed by atoms with Gasteiger partial charge in [0.15, 0.2) is 5.11 Å². The Morgan fingerprint density at radius 2 is 2.29 bits per heavy atom. The Kier molecular flexibility index (Phi) is 5.24. The molecule has 0 unspecified atom stereocenters. The van der Waals surface area contributed by atoms with Crippen molar-refractivity contribution >= 4 is 23.0 Å². The van der Waals surface area contributed by atoms with Crippen LogP contribution in [0.2, 0.25) is 0 Å². The number of anilines is 1. The summed E-state index contributed by atoms with van der Waals surface area (Å²) in [7, 11) is 1.56. The summed E-state index contributed by atoms with van der Waals surface area (Å²) >= 11 is 5.13. The number of ether oxygens (including phenoxy) is 1. The van der Waals surface area contributed by atoms with E-state index in [-0.39, 0.29) is 0 Å². The predicted octanol–water partition coefficient (Wildman–Crippen LogP) is 2.26. The molecule has 1 aromatic rings. The zero-order chi connectivity index (χ0) is 12.7. The maximum atomic E-state index is 8.78. The van der Waals surface area contributed by atoms with Crippen LogP contribution in [0.5, 0.6) is 5.75 Å². The summed E-state index contributed by atoms with van der Waals surface area (Å²) in [5.74, 6) is 0.602. The average molecular weight is 249 g/mol. The molecule has 0 bridgehead atoms. The maximum absolute atomic E-state index is 8.78. The number of nitrogens with zero attached hydrogens (tertiary/aromatic N) is 1. The summed E-state index contributed by atoms with van der Waals surface area (Å²) < 4.78 is 5.19. The quantitative estimate of drug-likeness (QED) is 0.802. The first-order valence-electron chi connectivity index (χ1n) is 5.34. The minimum absolute atomic E-state index is 0.551. The number of thiocarbonyl (C=S) groups is 1. The van der Waals surface area contributed by atoms with Crippen LogP contribution in [0.4, 0.5) is 5.69 Å². The number of rotatable bonds is 4. The van der Waals surface area contributed by atoms with E-state index < -0.39 is 0 Å². The molecule has 0 atom stereocenters. The van der Waals surface area contributed by atoms with Crippen molar-refractivity contribution in [2.45, 2.75) is 13.3 Å². The monoisotopic (exact) mass is 249 g/mol. The van der Waals surface area contributed by atoms with Crippen LogP contribution in [0.1, 0.15) is 18.9 Å². The molecule has 0 fully saturated rings. The molecule has 5 heteroatoms. The molecule has 0 saturated heterocycles. The van der Waals surface area contributed by atoms with Gasteiger partial charge in [0, 0.05) is 12.6 Å². The van der Waals surface area contributed by atoms with Gasteiger partial charge in [-0.3, -0.25) is 0 Å². The van der Waals surface area contributed by atoms with E-state index in [1.54, 1.807) is 25.3 Å². The zero-order valence-electron chi connectivity index (χ0n) is 9.91. The second-order valence-electron chi connectivity index (χ2n) is 3.41. The van der Waals surface area contributed by atoms with E-state index in [1.165, 1.54) is 0 Å². The summed E-state index contributed by atoms with van der Waals surface area (Å²) in [5, 5.41) is 15.4. The Labute approximate surface area is 107 Å². The van der Waals surface area contributed by atoms with Gasteiger partial charge in [0.05, 0.1) is 24.4 Å². The third-order valence-electron chi connectivity index (χ3n) is 2.11. The molecule has 17 heavy (non-hydrogen) atoms. The van der Waals surface area contributed by atoms with Crippen molar-refractivity contribution in [1.29, 1.82) is 5.26 Å². The highest BCUT2D eigenvalue weighted by atomic mass is 32.1. The fourth-order valence-electron chi connectivity index (χ4n) is 1.27. The minimum atomic E-state index is 0.551. The van der Waals surface area contributed by atoms with Crippen LogP contribution in [0, 0.1) is 11.3 Å². The summed E-state index contributed by atoms with van der Waals surface area (Å²) in [4.78, 5) is 0. The average Bonchev–Trinajstić information content (AvgIpc) is 2.36. The predicted molar refractivity (Wildman–Crippen MR) is 72.2 cm³/mol. The molecule has 0 aliphatic rings. The van der Waals surface area contributed by atoms with E-state index >= 15 is 0 Å². The van der Waals surface area contributed by atoms with Crippen molar-refractivity contribution < 1.29 is 4.74 Å². The Balaban J connectivity index is 2.77. The van der Waals surface area contributed by atoms with Gasteiger partial charge in [0.2, 0.25) is 0 Å². The van der Waals surface area contributed by atoms with Crippen LogP contribution >= 0.6 is 12.2 Å². The Hall–Kier alpha value is -1.80. The van der Waals surface area contributed by atoms with E-state index in [0.29, 0.717) is 16.4 Å². The molecule has 0 heterocycles. The van der Waals surface area contributed by atoms with Gasteiger partial charge in [0.25, 0.3) is 0 Å². The van der Waals surface area contributed by atoms with Crippen LogP contribution in [-0.2, 0) is 0 Å². The first-order chi connectivity index (χ1) is 8.21. The molecule has 0 aromatic heterocycles. The SMILES string of the molecule is CCCNC(=S)Nc1ccc(C#N)cc1OC. The van der Waals surface area contributed by atoms with Crippen molar-refractivity contribution in [3.63, 3.8) is 0 Å². The van der Waals surface area contributed by atoms with Crippen LogP contribution < -0.4 is 15.4 Å². The molecular weight excluding hydrogens is 234 g/mol. The standard InChI is InChI=1S/C12H15N3OS/c1-3-6-14-12(17)15-10-5-4-9(8-13)7-11(10)16-2/h4-5,7H,3,6H2,1-2H3,(H2,14,15,17).